The number of thiophene rings is 1. The summed E-state index contributed by atoms with van der Waals surface area (Å²) in [7, 11) is 0. The van der Waals surface area contributed by atoms with Gasteiger partial charge >= 0.3 is 0 Å². The standard InChI is InChI=1S/C23H20ClN3O2S/c1-2-26(15-17-12-13-20(24)30-17)23(29)21-18-10-6-7-11-19(18)22(28)27(25-21)14-16-8-4-3-5-9-16/h3-13H,2,14-15H2,1H3. The van der Waals surface area contributed by atoms with Crippen LogP contribution in [0.15, 0.2) is 71.5 Å². The van der Waals surface area contributed by atoms with E-state index in [-0.39, 0.29) is 17.2 Å². The van der Waals surface area contributed by atoms with E-state index in [0.29, 0.717) is 34.7 Å². The predicted octanol–water partition coefficient (Wildman–Crippen LogP) is 4.82. The zero-order valence-corrected chi connectivity index (χ0v) is 18.0. The minimum absolute atomic E-state index is 0.208. The summed E-state index contributed by atoms with van der Waals surface area (Å²) in [4.78, 5) is 29.2. The van der Waals surface area contributed by atoms with Crippen molar-refractivity contribution in [1.29, 1.82) is 0 Å². The molecule has 5 nitrogen and oxygen atoms in total. The Morgan fingerprint density at radius 1 is 1.03 bits per heavy atom. The number of rotatable bonds is 6. The lowest BCUT2D eigenvalue weighted by Crippen LogP contribution is -2.34. The first-order valence-electron chi connectivity index (χ1n) is 9.64. The molecule has 2 aromatic heterocycles. The van der Waals surface area contributed by atoms with Gasteiger partial charge in [0.25, 0.3) is 11.5 Å². The second kappa shape index (κ2) is 8.81. The van der Waals surface area contributed by atoms with Crippen LogP contribution in [-0.4, -0.2) is 27.1 Å². The number of fused-ring (bicyclic) bond motifs is 1. The monoisotopic (exact) mass is 437 g/mol. The summed E-state index contributed by atoms with van der Waals surface area (Å²) in [5.41, 5.74) is 1.02. The number of carbonyl (C=O) groups is 1. The lowest BCUT2D eigenvalue weighted by Gasteiger charge is -2.21. The van der Waals surface area contributed by atoms with Gasteiger partial charge < -0.3 is 4.90 Å². The van der Waals surface area contributed by atoms with Crippen molar-refractivity contribution in [3.63, 3.8) is 0 Å². The van der Waals surface area contributed by atoms with Crippen molar-refractivity contribution >= 4 is 39.6 Å². The number of benzene rings is 2. The van der Waals surface area contributed by atoms with Gasteiger partial charge in [0.15, 0.2) is 5.69 Å². The molecular weight excluding hydrogens is 418 g/mol. The molecule has 0 bridgehead atoms. The summed E-state index contributed by atoms with van der Waals surface area (Å²) in [6.45, 7) is 3.19. The summed E-state index contributed by atoms with van der Waals surface area (Å²) < 4.78 is 2.06. The lowest BCUT2D eigenvalue weighted by atomic mass is 10.1. The Morgan fingerprint density at radius 3 is 2.40 bits per heavy atom. The van der Waals surface area contributed by atoms with E-state index in [2.05, 4.69) is 5.10 Å². The van der Waals surface area contributed by atoms with Crippen LogP contribution >= 0.6 is 22.9 Å². The molecule has 0 unspecified atom stereocenters. The van der Waals surface area contributed by atoms with Crippen molar-refractivity contribution in [2.75, 3.05) is 6.54 Å². The molecule has 0 atom stereocenters. The highest BCUT2D eigenvalue weighted by atomic mass is 35.5. The first kappa shape index (κ1) is 20.3. The Labute approximate surface area is 183 Å². The molecular formula is C23H20ClN3O2S. The second-order valence-corrected chi connectivity index (χ2v) is 8.67. The third-order valence-electron chi connectivity index (χ3n) is 4.89. The molecule has 0 aliphatic rings. The fraction of sp³-hybridized carbons (Fsp3) is 0.174. The number of hydrogen-bond acceptors (Lipinski definition) is 4. The maximum absolute atomic E-state index is 13.4. The first-order valence-corrected chi connectivity index (χ1v) is 10.8. The van der Waals surface area contributed by atoms with Gasteiger partial charge in [0.2, 0.25) is 0 Å². The summed E-state index contributed by atoms with van der Waals surface area (Å²) >= 11 is 7.49. The summed E-state index contributed by atoms with van der Waals surface area (Å²) in [6.07, 6.45) is 0. The van der Waals surface area contributed by atoms with Crippen LogP contribution in [0.1, 0.15) is 27.9 Å². The first-order chi connectivity index (χ1) is 14.6. The Morgan fingerprint density at radius 2 is 1.73 bits per heavy atom. The third-order valence-corrected chi connectivity index (χ3v) is 6.11. The molecule has 0 aliphatic heterocycles. The third kappa shape index (κ3) is 4.15. The minimum Gasteiger partial charge on any atom is -0.332 e. The largest absolute Gasteiger partial charge is 0.332 e. The average Bonchev–Trinajstić information content (AvgIpc) is 3.19. The van der Waals surface area contributed by atoms with E-state index in [1.807, 2.05) is 55.5 Å². The van der Waals surface area contributed by atoms with Gasteiger partial charge in [0.1, 0.15) is 0 Å². The van der Waals surface area contributed by atoms with E-state index in [4.69, 9.17) is 11.6 Å². The van der Waals surface area contributed by atoms with Crippen LogP contribution in [0.2, 0.25) is 4.34 Å². The topological polar surface area (TPSA) is 55.2 Å². The van der Waals surface area contributed by atoms with E-state index in [9.17, 15) is 9.59 Å². The average molecular weight is 438 g/mol. The summed E-state index contributed by atoms with van der Waals surface area (Å²) in [5.74, 6) is -0.208. The van der Waals surface area contributed by atoms with E-state index in [0.717, 1.165) is 10.4 Å². The van der Waals surface area contributed by atoms with Gasteiger partial charge in [-0.2, -0.15) is 5.10 Å². The van der Waals surface area contributed by atoms with E-state index >= 15 is 0 Å². The normalized spacial score (nSPS) is 11.0. The highest BCUT2D eigenvalue weighted by Gasteiger charge is 2.22. The maximum Gasteiger partial charge on any atom is 0.275 e. The molecule has 0 fully saturated rings. The van der Waals surface area contributed by atoms with Crippen molar-refractivity contribution in [2.24, 2.45) is 0 Å². The number of halogens is 1. The zero-order valence-electron chi connectivity index (χ0n) is 16.4. The van der Waals surface area contributed by atoms with Gasteiger partial charge in [-0.25, -0.2) is 4.68 Å². The molecule has 0 saturated heterocycles. The Kier molecular flexibility index (Phi) is 5.97. The van der Waals surface area contributed by atoms with Crippen molar-refractivity contribution in [3.8, 4) is 0 Å². The molecule has 2 aromatic carbocycles. The number of carbonyl (C=O) groups excluding carboxylic acids is 1. The van der Waals surface area contributed by atoms with Gasteiger partial charge in [-0.3, -0.25) is 9.59 Å². The van der Waals surface area contributed by atoms with Gasteiger partial charge in [-0.05, 0) is 30.7 Å². The van der Waals surface area contributed by atoms with Crippen molar-refractivity contribution in [3.05, 3.63) is 97.6 Å². The molecule has 0 spiro atoms. The highest BCUT2D eigenvalue weighted by Crippen LogP contribution is 2.24. The molecule has 30 heavy (non-hydrogen) atoms. The Bertz CT molecular complexity index is 1250. The van der Waals surface area contributed by atoms with Crippen molar-refractivity contribution in [2.45, 2.75) is 20.0 Å². The fourth-order valence-corrected chi connectivity index (χ4v) is 4.46. The predicted molar refractivity (Wildman–Crippen MR) is 121 cm³/mol. The quantitative estimate of drug-likeness (QED) is 0.434. The Balaban J connectivity index is 1.77. The van der Waals surface area contributed by atoms with Crippen molar-refractivity contribution in [1.82, 2.24) is 14.7 Å². The molecule has 0 saturated carbocycles. The second-order valence-electron chi connectivity index (χ2n) is 6.87. The number of hydrogen-bond donors (Lipinski definition) is 0. The fourth-order valence-electron chi connectivity index (χ4n) is 3.36. The SMILES string of the molecule is CCN(Cc1ccc(Cl)s1)C(=O)c1nn(Cc2ccccc2)c(=O)c2ccccc12. The minimum atomic E-state index is -0.209. The van der Waals surface area contributed by atoms with Gasteiger partial charge in [-0.1, -0.05) is 60.1 Å². The molecule has 152 valence electrons. The molecule has 0 radical (unpaired) electrons. The Hall–Kier alpha value is -2.96. The zero-order chi connectivity index (χ0) is 21.1. The molecule has 7 heteroatoms. The van der Waals surface area contributed by atoms with Crippen molar-refractivity contribution < 1.29 is 4.79 Å². The smallest absolute Gasteiger partial charge is 0.275 e. The number of aromatic nitrogens is 2. The van der Waals surface area contributed by atoms with Crippen LogP contribution in [0.5, 0.6) is 0 Å². The van der Waals surface area contributed by atoms with Gasteiger partial charge in [0, 0.05) is 16.8 Å². The van der Waals surface area contributed by atoms with Crippen LogP contribution in [0.25, 0.3) is 10.8 Å². The van der Waals surface area contributed by atoms with Crippen LogP contribution in [0, 0.1) is 0 Å². The summed E-state index contributed by atoms with van der Waals surface area (Å²) in [5, 5.41) is 5.56. The number of nitrogens with zero attached hydrogens (tertiary/aromatic N) is 3. The van der Waals surface area contributed by atoms with Crippen LogP contribution in [-0.2, 0) is 13.1 Å². The number of amides is 1. The summed E-state index contributed by atoms with van der Waals surface area (Å²) in [6, 6.07) is 20.5. The molecule has 0 N–H and O–H groups in total. The van der Waals surface area contributed by atoms with Gasteiger partial charge in [0.05, 0.1) is 22.8 Å². The highest BCUT2D eigenvalue weighted by molar-refractivity contribution is 7.16. The maximum atomic E-state index is 13.4. The molecule has 2 heterocycles. The molecule has 1 amide bonds. The van der Waals surface area contributed by atoms with E-state index < -0.39 is 0 Å². The lowest BCUT2D eigenvalue weighted by molar-refractivity contribution is 0.0748. The van der Waals surface area contributed by atoms with Crippen LogP contribution in [0.4, 0.5) is 0 Å². The van der Waals surface area contributed by atoms with Crippen LogP contribution in [0.3, 0.4) is 0 Å². The van der Waals surface area contributed by atoms with E-state index in [1.54, 1.807) is 23.1 Å². The van der Waals surface area contributed by atoms with E-state index in [1.165, 1.54) is 16.0 Å². The van der Waals surface area contributed by atoms with Crippen LogP contribution < -0.4 is 5.56 Å². The molecule has 4 aromatic rings. The molecule has 0 aliphatic carbocycles. The molecule has 4 rings (SSSR count). The van der Waals surface area contributed by atoms with Gasteiger partial charge in [-0.15, -0.1) is 11.3 Å².